The second-order valence-corrected chi connectivity index (χ2v) is 39.0. The number of nitrogens with one attached hydrogen (secondary N) is 7. The molecule has 8 N–H and O–H groups in total. The van der Waals surface area contributed by atoms with Crippen molar-refractivity contribution in [3.63, 3.8) is 0 Å². The lowest BCUT2D eigenvalue weighted by Crippen LogP contribution is -2.58. The molecule has 6 aromatic carbocycles. The van der Waals surface area contributed by atoms with Crippen LogP contribution in [0.4, 0.5) is 4.79 Å². The van der Waals surface area contributed by atoms with Gasteiger partial charge in [0.2, 0.25) is 41.9 Å². The van der Waals surface area contributed by atoms with Crippen LogP contribution in [-0.4, -0.2) is 297 Å². The Balaban J connectivity index is 0.672. The molecule has 678 valence electrons. The minimum atomic E-state index is -3.90. The van der Waals surface area contributed by atoms with Gasteiger partial charge in [0.25, 0.3) is 0 Å². The fourth-order valence-corrected chi connectivity index (χ4v) is 20.5. The van der Waals surface area contributed by atoms with Gasteiger partial charge in [-0.1, -0.05) is 106 Å². The summed E-state index contributed by atoms with van der Waals surface area (Å²) in [5.74, 6) is -0.941. The highest BCUT2D eigenvalue weighted by Gasteiger charge is 2.37. The van der Waals surface area contributed by atoms with Crippen molar-refractivity contribution >= 4 is 118 Å². The van der Waals surface area contributed by atoms with Crippen molar-refractivity contribution in [1.29, 1.82) is 0 Å². The van der Waals surface area contributed by atoms with E-state index in [0.29, 0.717) is 135 Å². The number of hydrogen-bond donors (Lipinski definition) is 8. The summed E-state index contributed by atoms with van der Waals surface area (Å²) >= 11 is 39.0. The number of piperazine rings is 1. The van der Waals surface area contributed by atoms with Crippen molar-refractivity contribution in [2.45, 2.75) is 96.1 Å². The summed E-state index contributed by atoms with van der Waals surface area (Å²) in [6, 6.07) is 31.1. The highest BCUT2D eigenvalue weighted by atomic mass is 35.5. The second kappa shape index (κ2) is 49.9. The molecule has 4 heterocycles. The number of carbonyl (C=O) groups excluding carboxylic acids is 3. The Bertz CT molecular complexity index is 4600. The molecule has 0 saturated carbocycles. The molecule has 123 heavy (non-hydrogen) atoms. The molecule has 4 aliphatic rings. The Labute approximate surface area is 753 Å². The van der Waals surface area contributed by atoms with E-state index in [-0.39, 0.29) is 195 Å². The monoisotopic (exact) mass is 1880 g/mol. The number of carbonyl (C=O) groups is 3. The number of fused-ring (bicyclic) bond motifs is 3. The molecule has 3 atom stereocenters. The molecule has 0 spiro atoms. The Morgan fingerprint density at radius 3 is 1.22 bits per heavy atom. The lowest BCUT2D eigenvalue weighted by molar-refractivity contribution is -0.121. The molecular formula is C85H116Cl6N12O17S3. The molecule has 4 amide bonds. The van der Waals surface area contributed by atoms with Crippen LogP contribution >= 0.6 is 69.6 Å². The molecule has 0 bridgehead atoms. The molecule has 0 aliphatic carbocycles. The zero-order chi connectivity index (χ0) is 87.9. The van der Waals surface area contributed by atoms with Gasteiger partial charge in [-0.25, -0.2) is 44.2 Å². The van der Waals surface area contributed by atoms with E-state index in [2.05, 4.69) is 55.0 Å². The van der Waals surface area contributed by atoms with Gasteiger partial charge >= 0.3 is 6.03 Å². The van der Waals surface area contributed by atoms with Crippen LogP contribution in [0.15, 0.2) is 124 Å². The van der Waals surface area contributed by atoms with Crippen molar-refractivity contribution in [2.24, 2.45) is 0 Å². The Kier molecular flexibility index (Phi) is 40.4. The highest BCUT2D eigenvalue weighted by molar-refractivity contribution is 7.90. The van der Waals surface area contributed by atoms with Crippen LogP contribution in [0, 0.1) is 0 Å². The molecule has 0 radical (unpaired) electrons. The molecule has 0 aromatic heterocycles. The largest absolute Gasteiger partial charge is 0.394 e. The zero-order valence-electron chi connectivity index (χ0n) is 69.9. The maximum absolute atomic E-state index is 14.5. The molecule has 29 nitrogen and oxygen atoms in total. The molecule has 0 unspecified atom stereocenters. The summed E-state index contributed by atoms with van der Waals surface area (Å²) in [6.07, 6.45) is 1.25. The van der Waals surface area contributed by atoms with Crippen LogP contribution < -0.4 is 35.4 Å². The van der Waals surface area contributed by atoms with Crippen LogP contribution in [0.2, 0.25) is 30.1 Å². The van der Waals surface area contributed by atoms with Crippen LogP contribution in [-0.2, 0) is 92.5 Å². The molecule has 4 aliphatic heterocycles. The minimum Gasteiger partial charge on any atom is -0.394 e. The SMILES string of the molecule is CN1Cc2c(Cl)cc(Cl)cc2[C@H](c2ccc(S(=O)(=O)NCCOCCOCCNCCCC(CCC(=O)NCCOCCOCCNS(=O)(=O)c3cccc([C@@H]4CN(C)Cc5c(Cl)cc(Cl)cc54)c3)(CCC(=O)NCCOCCOCCNS(=O)(=O)c3cccc([C@@H]4CN(C)Cc5c(Cl)cc(Cl)cc54)c3)NC(=O)N3CCN(CCOCCO)CC3)cc2)C1. The van der Waals surface area contributed by atoms with Crippen LogP contribution in [0.1, 0.15) is 106 Å². The van der Waals surface area contributed by atoms with Gasteiger partial charge < -0.3 is 79.1 Å². The summed E-state index contributed by atoms with van der Waals surface area (Å²) in [6.45, 7) is 10.5. The number of benzene rings is 6. The lowest BCUT2D eigenvalue weighted by atomic mass is 9.83. The predicted octanol–water partition coefficient (Wildman–Crippen LogP) is 8.91. The number of sulfonamides is 3. The smallest absolute Gasteiger partial charge is 0.317 e. The Hall–Kier alpha value is -5.52. The van der Waals surface area contributed by atoms with Crippen LogP contribution in [0.3, 0.4) is 0 Å². The highest BCUT2D eigenvalue weighted by Crippen LogP contribution is 2.43. The second-order valence-electron chi connectivity index (χ2n) is 31.1. The maximum Gasteiger partial charge on any atom is 0.317 e. The van der Waals surface area contributed by atoms with Gasteiger partial charge in [0.05, 0.1) is 114 Å². The van der Waals surface area contributed by atoms with Crippen molar-refractivity contribution in [1.82, 2.24) is 59.9 Å². The first-order valence-electron chi connectivity index (χ1n) is 41.6. The molecule has 1 fully saturated rings. The van der Waals surface area contributed by atoms with E-state index in [4.69, 9.17) is 103 Å². The number of rotatable bonds is 52. The number of aliphatic hydroxyl groups is 1. The number of amides is 4. The van der Waals surface area contributed by atoms with Crippen molar-refractivity contribution in [2.75, 3.05) is 218 Å². The third-order valence-corrected chi connectivity index (χ3v) is 28.1. The topological polar surface area (TPSA) is 339 Å². The van der Waals surface area contributed by atoms with Gasteiger partial charge in [0, 0.05) is 178 Å². The lowest BCUT2D eigenvalue weighted by Gasteiger charge is -2.40. The molecular weight excluding hydrogens is 1770 g/mol. The molecule has 10 rings (SSSR count). The van der Waals surface area contributed by atoms with E-state index in [9.17, 15) is 44.7 Å². The van der Waals surface area contributed by atoms with Crippen molar-refractivity contribution in [3.05, 3.63) is 189 Å². The van der Waals surface area contributed by atoms with Crippen LogP contribution in [0.5, 0.6) is 0 Å². The first-order chi connectivity index (χ1) is 59.1. The van der Waals surface area contributed by atoms with Crippen molar-refractivity contribution in [3.8, 4) is 0 Å². The fraction of sp³-hybridized carbons (Fsp3) is 0.541. The van der Waals surface area contributed by atoms with Gasteiger partial charge in [-0.3, -0.25) is 14.5 Å². The fourth-order valence-electron chi connectivity index (χ4n) is 15.7. The summed E-state index contributed by atoms with van der Waals surface area (Å²) in [5, 5.41) is 25.1. The number of hydrogen-bond acceptors (Lipinski definition) is 22. The third-order valence-electron chi connectivity index (χ3n) is 22.0. The maximum atomic E-state index is 14.5. The van der Waals surface area contributed by atoms with E-state index in [1.165, 1.54) is 0 Å². The summed E-state index contributed by atoms with van der Waals surface area (Å²) in [4.78, 5) is 52.9. The van der Waals surface area contributed by atoms with Gasteiger partial charge in [-0.2, -0.15) is 0 Å². The van der Waals surface area contributed by atoms with E-state index in [1.807, 2.05) is 63.6 Å². The summed E-state index contributed by atoms with van der Waals surface area (Å²) in [7, 11) is -5.64. The van der Waals surface area contributed by atoms with Gasteiger partial charge in [0.15, 0.2) is 0 Å². The first-order valence-corrected chi connectivity index (χ1v) is 48.3. The number of urea groups is 1. The average Bonchev–Trinajstić information content (AvgIpc) is 0.779. The zero-order valence-corrected chi connectivity index (χ0v) is 76.9. The normalized spacial score (nSPS) is 16.9. The first kappa shape index (κ1) is 99.6. The Morgan fingerprint density at radius 1 is 0.423 bits per heavy atom. The van der Waals surface area contributed by atoms with E-state index >= 15 is 0 Å². The van der Waals surface area contributed by atoms with E-state index < -0.39 is 35.6 Å². The summed E-state index contributed by atoms with van der Waals surface area (Å²) < 4.78 is 129. The predicted molar refractivity (Wildman–Crippen MR) is 477 cm³/mol. The number of likely N-dealkylation sites (N-methyl/N-ethyl adjacent to an activating group) is 3. The van der Waals surface area contributed by atoms with Crippen LogP contribution in [0.25, 0.3) is 0 Å². The van der Waals surface area contributed by atoms with E-state index in [0.717, 1.165) is 56.6 Å². The average molecular weight is 1890 g/mol. The Morgan fingerprint density at radius 2 is 0.805 bits per heavy atom. The third kappa shape index (κ3) is 31.1. The van der Waals surface area contributed by atoms with Gasteiger partial charge in [-0.05, 0) is 176 Å². The minimum absolute atomic E-state index is 0.00958. The molecule has 38 heteroatoms. The van der Waals surface area contributed by atoms with Gasteiger partial charge in [-0.15, -0.1) is 0 Å². The van der Waals surface area contributed by atoms with Gasteiger partial charge in [0.1, 0.15) is 0 Å². The number of aliphatic hydroxyl groups excluding tert-OH is 1. The van der Waals surface area contributed by atoms with Crippen molar-refractivity contribution < 1.29 is 77.9 Å². The molecule has 6 aromatic rings. The standard InChI is InChI=1S/C85H116Cl6N12O17S3/c1-99-55-73(70-49-64(86)52-79(89)76(70)58-99)61-11-13-67(14-12-61)121(108,109)95-24-36-117-44-41-114-33-21-92-20-6-17-85(98-84(107)103-29-27-102(28-30-103)31-39-120-40-32-104,18-15-82(105)93-22-34-115-42-45-118-37-25-96-122(110,111)68-9-4-7-62(47-68)74-56-100(2)59-77-71(74)50-65(87)53-80(77)90)19-16-83(106)94-23-35-116-43-46-119-38-26-97-123(112,113)69-10-5-8-63(48-69)75-57-101(3)60-78-72(75)51-66(88)54-81(78)91/h4-5,7-14,47-54,73-75,92,95-97,104H,6,15-46,55-60H2,1-3H3,(H,93,105)(H,94,106)(H,98,107)/t73-,74-,75-/m0/s1. The number of ether oxygens (including phenoxy) is 7. The summed E-state index contributed by atoms with van der Waals surface area (Å²) in [5.41, 5.74) is 7.40. The van der Waals surface area contributed by atoms with E-state index in [1.54, 1.807) is 71.6 Å². The quantitative estimate of drug-likeness (QED) is 0.0165. The number of nitrogens with zero attached hydrogens (tertiary/aromatic N) is 5. The number of halogens is 6. The molecule has 1 saturated heterocycles.